The van der Waals surface area contributed by atoms with E-state index in [9.17, 15) is 19.1 Å². The second-order valence-electron chi connectivity index (χ2n) is 7.67. The number of rotatable bonds is 7. The first-order valence-corrected chi connectivity index (χ1v) is 10.3. The molecule has 3 aromatic carbocycles. The molecule has 3 aromatic rings. The molecule has 1 N–H and O–H groups in total. The summed E-state index contributed by atoms with van der Waals surface area (Å²) < 4.78 is 13.6. The Kier molecular flexibility index (Phi) is 6.10. The largest absolute Gasteiger partial charge is 0.375 e. The fourth-order valence-electron chi connectivity index (χ4n) is 3.86. The maximum absolute atomic E-state index is 13.6. The summed E-state index contributed by atoms with van der Waals surface area (Å²) in [6.07, 6.45) is 6.16. The van der Waals surface area contributed by atoms with Crippen molar-refractivity contribution in [2.75, 3.05) is 4.90 Å². The molecule has 0 aromatic heterocycles. The van der Waals surface area contributed by atoms with Crippen LogP contribution in [0.5, 0.6) is 0 Å². The molecule has 0 fully saturated rings. The quantitative estimate of drug-likeness (QED) is 0.436. The van der Waals surface area contributed by atoms with Crippen LogP contribution in [-0.4, -0.2) is 16.8 Å². The summed E-state index contributed by atoms with van der Waals surface area (Å²) in [6.45, 7) is 0.0970. The van der Waals surface area contributed by atoms with Crippen molar-refractivity contribution in [3.05, 3.63) is 120 Å². The third-order valence-corrected chi connectivity index (χ3v) is 5.38. The fourth-order valence-corrected chi connectivity index (χ4v) is 3.86. The molecule has 1 amide bonds. The molecule has 32 heavy (non-hydrogen) atoms. The lowest BCUT2D eigenvalue weighted by Gasteiger charge is -2.22. The van der Waals surface area contributed by atoms with E-state index in [1.807, 2.05) is 36.4 Å². The Labute approximate surface area is 185 Å². The number of benzene rings is 3. The van der Waals surface area contributed by atoms with Crippen LogP contribution in [0, 0.1) is 5.82 Å². The molecule has 0 saturated heterocycles. The van der Waals surface area contributed by atoms with Gasteiger partial charge in [-0.25, -0.2) is 4.39 Å². The van der Waals surface area contributed by atoms with Crippen LogP contribution >= 0.6 is 0 Å². The smallest absolute Gasteiger partial charge is 0.264 e. The first-order chi connectivity index (χ1) is 15.5. The molecule has 0 saturated carbocycles. The number of fused-ring (bicyclic) bond motifs is 1. The molecule has 1 atom stereocenters. The van der Waals surface area contributed by atoms with Crippen LogP contribution in [0.4, 0.5) is 10.1 Å². The summed E-state index contributed by atoms with van der Waals surface area (Å²) in [5.74, 6) is -1.37. The van der Waals surface area contributed by atoms with Crippen LogP contribution < -0.4 is 4.90 Å². The Morgan fingerprint density at radius 1 is 0.969 bits per heavy atom. The number of hydrogen-bond acceptors (Lipinski definition) is 3. The van der Waals surface area contributed by atoms with E-state index in [4.69, 9.17) is 0 Å². The molecule has 0 bridgehead atoms. The summed E-state index contributed by atoms with van der Waals surface area (Å²) in [5, 5.41) is 11.3. The van der Waals surface area contributed by atoms with E-state index < -0.39 is 17.3 Å². The highest BCUT2D eigenvalue weighted by atomic mass is 19.1. The van der Waals surface area contributed by atoms with Crippen LogP contribution in [0.3, 0.4) is 0 Å². The molecule has 0 radical (unpaired) electrons. The molecule has 5 heteroatoms. The predicted molar refractivity (Wildman–Crippen MR) is 122 cm³/mol. The number of halogens is 1. The summed E-state index contributed by atoms with van der Waals surface area (Å²) in [5.41, 5.74) is 0.521. The molecular formula is C27H22FNO3. The third kappa shape index (κ3) is 4.43. The van der Waals surface area contributed by atoms with Crippen molar-refractivity contribution in [3.63, 3.8) is 0 Å². The SMILES string of the molecule is O=C(/C=C/C=C/c1ccccc1)CC1(O)C(=O)N(Cc2cccc(F)c2)c2ccccc21. The van der Waals surface area contributed by atoms with Crippen LogP contribution in [-0.2, 0) is 21.7 Å². The van der Waals surface area contributed by atoms with Gasteiger partial charge in [-0.1, -0.05) is 78.9 Å². The van der Waals surface area contributed by atoms with Gasteiger partial charge in [-0.3, -0.25) is 9.59 Å². The van der Waals surface area contributed by atoms with E-state index >= 15 is 0 Å². The van der Waals surface area contributed by atoms with E-state index in [0.717, 1.165) is 5.56 Å². The second-order valence-corrected chi connectivity index (χ2v) is 7.67. The van der Waals surface area contributed by atoms with Crippen molar-refractivity contribution in [2.24, 2.45) is 0 Å². The van der Waals surface area contributed by atoms with Crippen LogP contribution in [0.1, 0.15) is 23.1 Å². The molecular weight excluding hydrogens is 405 g/mol. The third-order valence-electron chi connectivity index (χ3n) is 5.38. The van der Waals surface area contributed by atoms with Gasteiger partial charge in [0.15, 0.2) is 11.4 Å². The number of nitrogens with zero attached hydrogens (tertiary/aromatic N) is 1. The number of carbonyl (C=O) groups is 2. The Morgan fingerprint density at radius 3 is 2.50 bits per heavy atom. The topological polar surface area (TPSA) is 57.6 Å². The normalized spacial score (nSPS) is 17.9. The maximum Gasteiger partial charge on any atom is 0.264 e. The predicted octanol–water partition coefficient (Wildman–Crippen LogP) is 4.79. The number of ketones is 1. The summed E-state index contributed by atoms with van der Waals surface area (Å²) in [6, 6.07) is 22.4. The zero-order chi connectivity index (χ0) is 22.6. The van der Waals surface area contributed by atoms with Gasteiger partial charge in [0.05, 0.1) is 18.7 Å². The van der Waals surface area contributed by atoms with Crippen LogP contribution in [0.15, 0.2) is 97.1 Å². The Balaban J connectivity index is 1.52. The summed E-state index contributed by atoms with van der Waals surface area (Å²) in [4.78, 5) is 27.2. The summed E-state index contributed by atoms with van der Waals surface area (Å²) in [7, 11) is 0. The van der Waals surface area contributed by atoms with Gasteiger partial charge < -0.3 is 10.0 Å². The number of para-hydroxylation sites is 1. The molecule has 0 spiro atoms. The minimum absolute atomic E-state index is 0.0970. The van der Waals surface area contributed by atoms with Gasteiger partial charge >= 0.3 is 0 Å². The van der Waals surface area contributed by atoms with Gasteiger partial charge in [0.2, 0.25) is 0 Å². The highest BCUT2D eigenvalue weighted by molar-refractivity contribution is 6.09. The monoisotopic (exact) mass is 427 g/mol. The van der Waals surface area contributed by atoms with E-state index in [0.29, 0.717) is 16.8 Å². The molecule has 0 aliphatic carbocycles. The number of carbonyl (C=O) groups excluding carboxylic acids is 2. The van der Waals surface area contributed by atoms with Crippen molar-refractivity contribution >= 4 is 23.5 Å². The van der Waals surface area contributed by atoms with Crippen molar-refractivity contribution in [1.82, 2.24) is 0 Å². The van der Waals surface area contributed by atoms with Gasteiger partial charge in [0.25, 0.3) is 5.91 Å². The van der Waals surface area contributed by atoms with Gasteiger partial charge in [-0.05, 0) is 35.4 Å². The van der Waals surface area contributed by atoms with E-state index in [1.165, 1.54) is 23.1 Å². The Morgan fingerprint density at radius 2 is 1.72 bits per heavy atom. The van der Waals surface area contributed by atoms with Crippen LogP contribution in [0.25, 0.3) is 6.08 Å². The lowest BCUT2D eigenvalue weighted by Crippen LogP contribution is -2.41. The highest BCUT2D eigenvalue weighted by Crippen LogP contribution is 2.43. The number of anilines is 1. The number of hydrogen-bond donors (Lipinski definition) is 1. The van der Waals surface area contributed by atoms with Crippen molar-refractivity contribution in [2.45, 2.75) is 18.6 Å². The van der Waals surface area contributed by atoms with E-state index in [1.54, 1.807) is 48.6 Å². The zero-order valence-corrected chi connectivity index (χ0v) is 17.3. The number of allylic oxidation sites excluding steroid dienone is 3. The van der Waals surface area contributed by atoms with E-state index in [-0.39, 0.29) is 18.7 Å². The van der Waals surface area contributed by atoms with Gasteiger partial charge in [0.1, 0.15) is 5.82 Å². The molecule has 4 nitrogen and oxygen atoms in total. The molecule has 1 unspecified atom stereocenters. The first-order valence-electron chi connectivity index (χ1n) is 10.3. The van der Waals surface area contributed by atoms with Crippen molar-refractivity contribution in [3.8, 4) is 0 Å². The minimum atomic E-state index is -1.96. The molecule has 1 heterocycles. The van der Waals surface area contributed by atoms with Gasteiger partial charge in [0, 0.05) is 5.56 Å². The van der Waals surface area contributed by atoms with Crippen LogP contribution in [0.2, 0.25) is 0 Å². The Hall–Kier alpha value is -3.83. The zero-order valence-electron chi connectivity index (χ0n) is 17.3. The minimum Gasteiger partial charge on any atom is -0.375 e. The standard InChI is InChI=1S/C27H22FNO3/c28-22-13-8-12-21(17-22)19-29-25-16-7-6-15-24(25)27(32,26(29)31)18-23(30)14-5-4-11-20-9-2-1-3-10-20/h1-17,32H,18-19H2/b11-4+,14-5+. The average Bonchev–Trinajstić information content (AvgIpc) is 2.99. The molecule has 1 aliphatic heterocycles. The fraction of sp³-hybridized carbons (Fsp3) is 0.111. The number of aliphatic hydroxyl groups is 1. The molecule has 1 aliphatic rings. The average molecular weight is 427 g/mol. The van der Waals surface area contributed by atoms with Gasteiger partial charge in [-0.2, -0.15) is 0 Å². The summed E-state index contributed by atoms with van der Waals surface area (Å²) >= 11 is 0. The van der Waals surface area contributed by atoms with E-state index in [2.05, 4.69) is 0 Å². The number of amides is 1. The Bertz CT molecular complexity index is 1200. The first kappa shape index (κ1) is 21.4. The maximum atomic E-state index is 13.6. The lowest BCUT2D eigenvalue weighted by atomic mass is 9.90. The van der Waals surface area contributed by atoms with Gasteiger partial charge in [-0.15, -0.1) is 0 Å². The second kappa shape index (κ2) is 9.12. The molecule has 160 valence electrons. The lowest BCUT2D eigenvalue weighted by molar-refractivity contribution is -0.140. The molecule has 4 rings (SSSR count). The highest BCUT2D eigenvalue weighted by Gasteiger charge is 2.50. The van der Waals surface area contributed by atoms with Crippen molar-refractivity contribution < 1.29 is 19.1 Å². The van der Waals surface area contributed by atoms with Crippen molar-refractivity contribution in [1.29, 1.82) is 0 Å².